The Hall–Kier alpha value is -1.14. The summed E-state index contributed by atoms with van der Waals surface area (Å²) < 4.78 is 19.4. The van der Waals surface area contributed by atoms with Crippen molar-refractivity contribution in [3.05, 3.63) is 0 Å². The van der Waals surface area contributed by atoms with E-state index in [0.717, 1.165) is 12.8 Å². The molecule has 1 rings (SSSR count). The molecule has 1 aliphatic rings. The Balaban J connectivity index is 0.000000873. The SMILES string of the molecule is CC(=O)OC[C@@H]1CCCC(OC(C)=O)O1.COC. The first-order valence-corrected chi connectivity index (χ1v) is 5.85. The van der Waals surface area contributed by atoms with Crippen LogP contribution in [0.15, 0.2) is 0 Å². The molecule has 0 spiro atoms. The van der Waals surface area contributed by atoms with Crippen LogP contribution < -0.4 is 0 Å². The van der Waals surface area contributed by atoms with E-state index in [1.807, 2.05) is 0 Å². The van der Waals surface area contributed by atoms with Crippen LogP contribution in [0.5, 0.6) is 0 Å². The summed E-state index contributed by atoms with van der Waals surface area (Å²) in [6.07, 6.45) is 1.79. The van der Waals surface area contributed by atoms with Gasteiger partial charge in [-0.1, -0.05) is 0 Å². The fourth-order valence-electron chi connectivity index (χ4n) is 1.47. The number of carbonyl (C=O) groups is 2. The first-order valence-electron chi connectivity index (χ1n) is 5.85. The van der Waals surface area contributed by atoms with Gasteiger partial charge < -0.3 is 18.9 Å². The van der Waals surface area contributed by atoms with Crippen LogP contribution in [0.25, 0.3) is 0 Å². The van der Waals surface area contributed by atoms with Crippen molar-refractivity contribution in [2.24, 2.45) is 0 Å². The second kappa shape index (κ2) is 9.85. The number of ether oxygens (including phenoxy) is 4. The Morgan fingerprint density at radius 2 is 1.78 bits per heavy atom. The molecule has 0 aromatic heterocycles. The number of carbonyl (C=O) groups excluding carboxylic acids is 2. The van der Waals surface area contributed by atoms with Gasteiger partial charge in [0.25, 0.3) is 0 Å². The average Bonchev–Trinajstić information content (AvgIpc) is 2.27. The fourth-order valence-corrected chi connectivity index (χ4v) is 1.47. The van der Waals surface area contributed by atoms with Gasteiger partial charge in [0, 0.05) is 34.5 Å². The van der Waals surface area contributed by atoms with Crippen molar-refractivity contribution in [2.45, 2.75) is 45.5 Å². The molecule has 18 heavy (non-hydrogen) atoms. The highest BCUT2D eigenvalue weighted by atomic mass is 16.7. The minimum Gasteiger partial charge on any atom is -0.463 e. The summed E-state index contributed by atoms with van der Waals surface area (Å²) in [4.78, 5) is 21.3. The molecule has 0 amide bonds. The van der Waals surface area contributed by atoms with Crippen LogP contribution in [0.1, 0.15) is 33.1 Å². The maximum Gasteiger partial charge on any atom is 0.304 e. The number of methoxy groups -OCH3 is 1. The van der Waals surface area contributed by atoms with E-state index in [2.05, 4.69) is 4.74 Å². The molecule has 1 unspecified atom stereocenters. The Bertz CT molecular complexity index is 253. The third-order valence-corrected chi connectivity index (χ3v) is 2.08. The van der Waals surface area contributed by atoms with Crippen LogP contribution in [-0.4, -0.2) is 45.2 Å². The number of esters is 2. The van der Waals surface area contributed by atoms with E-state index < -0.39 is 6.29 Å². The van der Waals surface area contributed by atoms with E-state index in [1.165, 1.54) is 13.8 Å². The monoisotopic (exact) mass is 262 g/mol. The second-order valence-corrected chi connectivity index (χ2v) is 3.94. The first kappa shape index (κ1) is 16.9. The summed E-state index contributed by atoms with van der Waals surface area (Å²) in [6, 6.07) is 0. The molecule has 0 bridgehead atoms. The van der Waals surface area contributed by atoms with Gasteiger partial charge in [0.2, 0.25) is 6.29 Å². The largest absolute Gasteiger partial charge is 0.463 e. The molecule has 1 fully saturated rings. The minimum absolute atomic E-state index is 0.160. The molecule has 0 radical (unpaired) electrons. The van der Waals surface area contributed by atoms with E-state index in [9.17, 15) is 9.59 Å². The standard InChI is InChI=1S/C10H16O5.C2H6O/c1-7(11)13-6-9-4-3-5-10(15-9)14-8(2)12;1-3-2/h9-10H,3-6H2,1-2H3;1-2H3/t9-,10?;/m0./s1. The average molecular weight is 262 g/mol. The van der Waals surface area contributed by atoms with Gasteiger partial charge in [-0.15, -0.1) is 0 Å². The van der Waals surface area contributed by atoms with Crippen LogP contribution in [0, 0.1) is 0 Å². The van der Waals surface area contributed by atoms with Crippen LogP contribution in [-0.2, 0) is 28.5 Å². The van der Waals surface area contributed by atoms with Gasteiger partial charge in [-0.3, -0.25) is 9.59 Å². The van der Waals surface area contributed by atoms with Crippen LogP contribution >= 0.6 is 0 Å². The number of rotatable bonds is 3. The number of hydrogen-bond acceptors (Lipinski definition) is 6. The molecule has 0 aromatic carbocycles. The van der Waals surface area contributed by atoms with Gasteiger partial charge in [0.15, 0.2) is 0 Å². The molecule has 0 saturated carbocycles. The minimum atomic E-state index is -0.489. The second-order valence-electron chi connectivity index (χ2n) is 3.94. The lowest BCUT2D eigenvalue weighted by molar-refractivity contribution is -0.208. The van der Waals surface area contributed by atoms with Crippen LogP contribution in [0.2, 0.25) is 0 Å². The lowest BCUT2D eigenvalue weighted by atomic mass is 10.1. The Labute approximate surface area is 108 Å². The van der Waals surface area contributed by atoms with Crippen molar-refractivity contribution in [3.8, 4) is 0 Å². The van der Waals surface area contributed by atoms with Crippen molar-refractivity contribution in [1.29, 1.82) is 0 Å². The molecule has 106 valence electrons. The Morgan fingerprint density at radius 3 is 2.28 bits per heavy atom. The zero-order chi connectivity index (χ0) is 14.0. The van der Waals surface area contributed by atoms with Crippen LogP contribution in [0.4, 0.5) is 0 Å². The van der Waals surface area contributed by atoms with Gasteiger partial charge in [-0.25, -0.2) is 0 Å². The van der Waals surface area contributed by atoms with Crippen molar-refractivity contribution >= 4 is 11.9 Å². The van der Waals surface area contributed by atoms with Crippen molar-refractivity contribution in [1.82, 2.24) is 0 Å². The van der Waals surface area contributed by atoms with Crippen molar-refractivity contribution < 1.29 is 28.5 Å². The van der Waals surface area contributed by atoms with E-state index in [0.29, 0.717) is 6.42 Å². The maximum atomic E-state index is 10.7. The topological polar surface area (TPSA) is 71.1 Å². The van der Waals surface area contributed by atoms with Gasteiger partial charge in [-0.05, 0) is 12.8 Å². The molecule has 6 heteroatoms. The summed E-state index contributed by atoms with van der Waals surface area (Å²) in [5.74, 6) is -0.679. The van der Waals surface area contributed by atoms with E-state index >= 15 is 0 Å². The third-order valence-electron chi connectivity index (χ3n) is 2.08. The summed E-state index contributed by atoms with van der Waals surface area (Å²) in [6.45, 7) is 2.93. The van der Waals surface area contributed by atoms with Crippen molar-refractivity contribution in [3.63, 3.8) is 0 Å². The first-order chi connectivity index (χ1) is 8.49. The lowest BCUT2D eigenvalue weighted by Gasteiger charge is -2.28. The maximum absolute atomic E-state index is 10.7. The van der Waals surface area contributed by atoms with Crippen LogP contribution in [0.3, 0.4) is 0 Å². The molecule has 1 heterocycles. The van der Waals surface area contributed by atoms with Gasteiger partial charge in [0.1, 0.15) is 6.61 Å². The molecule has 0 N–H and O–H groups in total. The highest BCUT2D eigenvalue weighted by Gasteiger charge is 2.24. The highest BCUT2D eigenvalue weighted by Crippen LogP contribution is 2.20. The number of hydrogen-bond donors (Lipinski definition) is 0. The summed E-state index contributed by atoms with van der Waals surface area (Å²) in [7, 11) is 3.25. The third kappa shape index (κ3) is 8.95. The normalized spacial score (nSPS) is 22.4. The van der Waals surface area contributed by atoms with E-state index in [4.69, 9.17) is 14.2 Å². The zero-order valence-corrected chi connectivity index (χ0v) is 11.4. The predicted octanol–water partition coefficient (Wildman–Crippen LogP) is 1.27. The molecule has 6 nitrogen and oxygen atoms in total. The molecule has 2 atom stereocenters. The fraction of sp³-hybridized carbons (Fsp3) is 0.833. The molecule has 0 aromatic rings. The molecule has 1 aliphatic heterocycles. The summed E-state index contributed by atoms with van der Waals surface area (Å²) in [5.41, 5.74) is 0. The summed E-state index contributed by atoms with van der Waals surface area (Å²) >= 11 is 0. The molecular weight excluding hydrogens is 240 g/mol. The Morgan fingerprint density at radius 1 is 1.17 bits per heavy atom. The molecule has 0 aliphatic carbocycles. The Kier molecular flexibility index (Phi) is 9.22. The quantitative estimate of drug-likeness (QED) is 0.713. The predicted molar refractivity (Wildman–Crippen MR) is 63.8 cm³/mol. The molecular formula is C12H22O6. The van der Waals surface area contributed by atoms with Crippen molar-refractivity contribution in [2.75, 3.05) is 20.8 Å². The zero-order valence-electron chi connectivity index (χ0n) is 11.4. The summed E-state index contributed by atoms with van der Waals surface area (Å²) in [5, 5.41) is 0. The van der Waals surface area contributed by atoms with E-state index in [1.54, 1.807) is 14.2 Å². The van der Waals surface area contributed by atoms with Gasteiger partial charge in [-0.2, -0.15) is 0 Å². The van der Waals surface area contributed by atoms with E-state index in [-0.39, 0.29) is 24.6 Å². The lowest BCUT2D eigenvalue weighted by Crippen LogP contribution is -2.34. The smallest absolute Gasteiger partial charge is 0.304 e. The highest BCUT2D eigenvalue weighted by molar-refractivity contribution is 5.66. The molecule has 1 saturated heterocycles. The van der Waals surface area contributed by atoms with Gasteiger partial charge in [0.05, 0.1) is 6.10 Å². The van der Waals surface area contributed by atoms with Gasteiger partial charge >= 0.3 is 11.9 Å².